The van der Waals surface area contributed by atoms with Crippen LogP contribution in [-0.4, -0.2) is 60.5 Å². The number of carboxylic acids is 1. The molecule has 3 rings (SSSR count). The van der Waals surface area contributed by atoms with Gasteiger partial charge in [-0.15, -0.1) is 0 Å². The molecule has 0 unspecified atom stereocenters. The highest BCUT2D eigenvalue weighted by molar-refractivity contribution is 7.88. The van der Waals surface area contributed by atoms with Crippen molar-refractivity contribution in [2.45, 2.75) is 18.9 Å². The average molecular weight is 366 g/mol. The summed E-state index contributed by atoms with van der Waals surface area (Å²) in [7, 11) is -3.35. The molecule has 1 N–H and O–H groups in total. The first-order chi connectivity index (χ1) is 11.8. The molecule has 3 atom stereocenters. The van der Waals surface area contributed by atoms with Gasteiger partial charge in [0.05, 0.1) is 18.7 Å². The molecular formula is C17H22N2O5S. The number of sulfonamides is 1. The normalized spacial score (nSPS) is 26.6. The van der Waals surface area contributed by atoms with Crippen LogP contribution in [0.2, 0.25) is 0 Å². The number of fused-ring (bicyclic) bond motifs is 1. The molecule has 2 heterocycles. The minimum absolute atomic E-state index is 0.0133. The van der Waals surface area contributed by atoms with Gasteiger partial charge in [0.15, 0.2) is 0 Å². The van der Waals surface area contributed by atoms with E-state index in [-0.39, 0.29) is 36.6 Å². The minimum Gasteiger partial charge on any atom is -0.481 e. The van der Waals surface area contributed by atoms with Crippen LogP contribution in [-0.2, 0) is 19.6 Å². The summed E-state index contributed by atoms with van der Waals surface area (Å²) >= 11 is 0. The Bertz CT molecular complexity index is 765. The molecule has 0 saturated carbocycles. The molecule has 1 amide bonds. The highest BCUT2D eigenvalue weighted by atomic mass is 32.2. The van der Waals surface area contributed by atoms with Crippen molar-refractivity contribution < 1.29 is 23.1 Å². The number of nitrogens with zero attached hydrogens (tertiary/aromatic N) is 2. The van der Waals surface area contributed by atoms with Gasteiger partial charge in [-0.1, -0.05) is 30.3 Å². The van der Waals surface area contributed by atoms with Crippen LogP contribution in [0.15, 0.2) is 30.3 Å². The molecule has 7 nitrogen and oxygen atoms in total. The Hall–Kier alpha value is -1.93. The first kappa shape index (κ1) is 17.9. The number of benzene rings is 1. The van der Waals surface area contributed by atoms with E-state index < -0.39 is 16.0 Å². The maximum atomic E-state index is 12.2. The molecule has 2 fully saturated rings. The van der Waals surface area contributed by atoms with Crippen molar-refractivity contribution in [3.05, 3.63) is 35.9 Å². The molecule has 8 heteroatoms. The summed E-state index contributed by atoms with van der Waals surface area (Å²) in [6, 6.07) is 9.21. The van der Waals surface area contributed by atoms with Crippen molar-refractivity contribution in [1.29, 1.82) is 0 Å². The van der Waals surface area contributed by atoms with Crippen molar-refractivity contribution in [1.82, 2.24) is 9.21 Å². The molecule has 1 aromatic rings. The number of carboxylic acid groups (broad SMARTS) is 1. The quantitative estimate of drug-likeness (QED) is 0.837. The summed E-state index contributed by atoms with van der Waals surface area (Å²) < 4.78 is 26.0. The van der Waals surface area contributed by atoms with Crippen molar-refractivity contribution >= 4 is 21.9 Å². The average Bonchev–Trinajstić information content (AvgIpc) is 3.10. The molecule has 2 aliphatic rings. The number of hydrogen-bond acceptors (Lipinski definition) is 4. The number of rotatable bonds is 5. The summed E-state index contributed by atoms with van der Waals surface area (Å²) in [4.78, 5) is 24.6. The highest BCUT2D eigenvalue weighted by Crippen LogP contribution is 2.46. The molecule has 1 aromatic carbocycles. The maximum absolute atomic E-state index is 12.2. The Morgan fingerprint density at radius 2 is 1.80 bits per heavy atom. The lowest BCUT2D eigenvalue weighted by molar-refractivity contribution is -0.140. The van der Waals surface area contributed by atoms with Gasteiger partial charge in [-0.3, -0.25) is 9.59 Å². The fourth-order valence-electron chi connectivity index (χ4n) is 3.99. The van der Waals surface area contributed by atoms with E-state index in [0.29, 0.717) is 19.6 Å². The summed E-state index contributed by atoms with van der Waals surface area (Å²) in [5, 5.41) is 8.74. The number of likely N-dealkylation sites (tertiary alicyclic amines) is 1. The second-order valence-corrected chi connectivity index (χ2v) is 8.74. The van der Waals surface area contributed by atoms with Gasteiger partial charge in [0.25, 0.3) is 0 Å². The highest BCUT2D eigenvalue weighted by Gasteiger charge is 2.51. The van der Waals surface area contributed by atoms with Crippen LogP contribution in [0.3, 0.4) is 0 Å². The molecule has 2 aliphatic heterocycles. The van der Waals surface area contributed by atoms with Crippen molar-refractivity contribution in [3.63, 3.8) is 0 Å². The third-order valence-electron chi connectivity index (χ3n) is 5.09. The molecule has 0 aliphatic carbocycles. The second-order valence-electron chi connectivity index (χ2n) is 6.80. The fourth-order valence-corrected chi connectivity index (χ4v) is 5.14. The summed E-state index contributed by atoms with van der Waals surface area (Å²) in [6.07, 6.45) is 1.03. The zero-order valence-electron chi connectivity index (χ0n) is 14.0. The molecule has 0 aromatic heterocycles. The van der Waals surface area contributed by atoms with Gasteiger partial charge in [-0.2, -0.15) is 4.31 Å². The van der Waals surface area contributed by atoms with Gasteiger partial charge in [0, 0.05) is 32.0 Å². The number of carbonyl (C=O) groups excluding carboxylic acids is 1. The number of aliphatic carboxylic acids is 1. The summed E-state index contributed by atoms with van der Waals surface area (Å²) in [5.41, 5.74) is 0.931. The van der Waals surface area contributed by atoms with Crippen molar-refractivity contribution in [3.8, 4) is 0 Å². The summed E-state index contributed by atoms with van der Waals surface area (Å²) in [5.74, 6) is -1.05. The van der Waals surface area contributed by atoms with Gasteiger partial charge < -0.3 is 10.0 Å². The Labute approximate surface area is 147 Å². The standard InChI is InChI=1S/C17H22N2O5S/c1-25(23,24)19-10-13-9-18(15(20)7-8-16(21)22)11-14(13)17(19)12-5-3-2-4-6-12/h2-6,13-14,17H,7-11H2,1H3,(H,21,22)/t13-,14-,17+/m1/s1. The van der Waals surface area contributed by atoms with Gasteiger partial charge in [0.1, 0.15) is 0 Å². The van der Waals surface area contributed by atoms with Crippen molar-refractivity contribution in [2.24, 2.45) is 11.8 Å². The van der Waals surface area contributed by atoms with Crippen LogP contribution in [0, 0.1) is 11.8 Å². The minimum atomic E-state index is -3.35. The lowest BCUT2D eigenvalue weighted by atomic mass is 9.90. The van der Waals surface area contributed by atoms with E-state index in [9.17, 15) is 18.0 Å². The topological polar surface area (TPSA) is 95.0 Å². The van der Waals surface area contributed by atoms with Crippen LogP contribution in [0.25, 0.3) is 0 Å². The Kier molecular flexibility index (Phi) is 4.83. The molecule has 136 valence electrons. The first-order valence-corrected chi connectivity index (χ1v) is 10.1. The van der Waals surface area contributed by atoms with Gasteiger partial charge in [-0.25, -0.2) is 8.42 Å². The Balaban J connectivity index is 1.80. The third-order valence-corrected chi connectivity index (χ3v) is 6.32. The zero-order valence-corrected chi connectivity index (χ0v) is 14.9. The molecule has 2 saturated heterocycles. The number of carbonyl (C=O) groups is 2. The molecule has 0 spiro atoms. The smallest absolute Gasteiger partial charge is 0.303 e. The van der Waals surface area contributed by atoms with E-state index in [1.807, 2.05) is 30.3 Å². The predicted octanol–water partition coefficient (Wildman–Crippen LogP) is 0.942. The lowest BCUT2D eigenvalue weighted by Crippen LogP contribution is -2.37. The van der Waals surface area contributed by atoms with Crippen LogP contribution in [0.5, 0.6) is 0 Å². The molecule has 0 bridgehead atoms. The van der Waals surface area contributed by atoms with Gasteiger partial charge in [0.2, 0.25) is 15.9 Å². The summed E-state index contributed by atoms with van der Waals surface area (Å²) in [6.45, 7) is 1.35. The third kappa shape index (κ3) is 3.69. The predicted molar refractivity (Wildman–Crippen MR) is 91.2 cm³/mol. The number of hydrogen-bond donors (Lipinski definition) is 1. The lowest BCUT2D eigenvalue weighted by Gasteiger charge is -2.28. The SMILES string of the molecule is CS(=O)(=O)N1C[C@H]2CN(C(=O)CCC(=O)O)C[C@H]2[C@@H]1c1ccccc1. The first-order valence-electron chi connectivity index (χ1n) is 8.28. The fraction of sp³-hybridized carbons (Fsp3) is 0.529. The molecule has 25 heavy (non-hydrogen) atoms. The Morgan fingerprint density at radius 3 is 2.40 bits per heavy atom. The largest absolute Gasteiger partial charge is 0.481 e. The van der Waals surface area contributed by atoms with Gasteiger partial charge >= 0.3 is 5.97 Å². The van der Waals surface area contributed by atoms with E-state index in [1.54, 1.807) is 4.90 Å². The second kappa shape index (κ2) is 6.76. The van der Waals surface area contributed by atoms with Crippen LogP contribution in [0.1, 0.15) is 24.4 Å². The Morgan fingerprint density at radius 1 is 1.12 bits per heavy atom. The van der Waals surface area contributed by atoms with E-state index in [2.05, 4.69) is 0 Å². The van der Waals surface area contributed by atoms with E-state index in [1.165, 1.54) is 10.6 Å². The van der Waals surface area contributed by atoms with Crippen molar-refractivity contribution in [2.75, 3.05) is 25.9 Å². The van der Waals surface area contributed by atoms with E-state index in [0.717, 1.165) is 5.56 Å². The zero-order chi connectivity index (χ0) is 18.2. The molecule has 0 radical (unpaired) electrons. The maximum Gasteiger partial charge on any atom is 0.303 e. The monoisotopic (exact) mass is 366 g/mol. The van der Waals surface area contributed by atoms with Crippen LogP contribution < -0.4 is 0 Å². The van der Waals surface area contributed by atoms with Crippen LogP contribution >= 0.6 is 0 Å². The van der Waals surface area contributed by atoms with E-state index in [4.69, 9.17) is 5.11 Å². The van der Waals surface area contributed by atoms with Gasteiger partial charge in [-0.05, 0) is 11.5 Å². The van der Waals surface area contributed by atoms with E-state index >= 15 is 0 Å². The van der Waals surface area contributed by atoms with Crippen LogP contribution in [0.4, 0.5) is 0 Å². The molecular weight excluding hydrogens is 344 g/mol. The number of amides is 1.